The quantitative estimate of drug-likeness (QED) is 0.522. The van der Waals surface area contributed by atoms with Crippen molar-refractivity contribution in [1.29, 1.82) is 0 Å². The molecule has 126 valence electrons. The molecule has 0 aromatic heterocycles. The topological polar surface area (TPSA) is 18.5 Å². The van der Waals surface area contributed by atoms with E-state index in [0.717, 1.165) is 13.5 Å². The van der Waals surface area contributed by atoms with Crippen molar-refractivity contribution in [2.24, 2.45) is 11.8 Å². The number of halogens is 6. The number of alkyl halides is 6. The molecular weight excluding hydrogens is 302 g/mol. The van der Waals surface area contributed by atoms with Crippen LogP contribution in [0, 0.1) is 11.8 Å². The molecule has 2 nitrogen and oxygen atoms in total. The lowest BCUT2D eigenvalue weighted by Crippen LogP contribution is -2.59. The van der Waals surface area contributed by atoms with Crippen molar-refractivity contribution in [2.45, 2.75) is 57.0 Å². The number of hydrogen-bond acceptors (Lipinski definition) is 2. The lowest BCUT2D eigenvalue weighted by Gasteiger charge is -2.38. The van der Waals surface area contributed by atoms with Crippen molar-refractivity contribution in [3.8, 4) is 0 Å². The zero-order chi connectivity index (χ0) is 16.3. The molecule has 0 N–H and O–H groups in total. The van der Waals surface area contributed by atoms with Gasteiger partial charge in [0.15, 0.2) is 0 Å². The van der Waals surface area contributed by atoms with Gasteiger partial charge < -0.3 is 9.47 Å². The monoisotopic (exact) mass is 322 g/mol. The van der Waals surface area contributed by atoms with Gasteiger partial charge >= 0.3 is 12.4 Å². The van der Waals surface area contributed by atoms with Crippen LogP contribution in [0.2, 0.25) is 0 Å². The van der Waals surface area contributed by atoms with E-state index in [1.165, 1.54) is 0 Å². The summed E-state index contributed by atoms with van der Waals surface area (Å²) in [7, 11) is 0.986. The van der Waals surface area contributed by atoms with Crippen LogP contribution in [0.1, 0.15) is 39.0 Å². The van der Waals surface area contributed by atoms with E-state index in [-0.39, 0.29) is 5.92 Å². The number of rotatable bonds is 6. The lowest BCUT2D eigenvalue weighted by molar-refractivity contribution is -0.396. The number of methoxy groups -OCH3 is 1. The fourth-order valence-electron chi connectivity index (χ4n) is 2.92. The maximum absolute atomic E-state index is 13.1. The second-order valence-corrected chi connectivity index (χ2v) is 5.53. The van der Waals surface area contributed by atoms with Gasteiger partial charge in [0.1, 0.15) is 6.79 Å². The average Bonchev–Trinajstić information content (AvgIpc) is 2.79. The minimum atomic E-state index is -5.53. The molecule has 0 aromatic rings. The van der Waals surface area contributed by atoms with E-state index < -0.39 is 37.1 Å². The third-order valence-corrected chi connectivity index (χ3v) is 4.14. The van der Waals surface area contributed by atoms with Crippen LogP contribution in [-0.2, 0) is 9.47 Å². The molecule has 0 aliphatic heterocycles. The Morgan fingerprint density at radius 1 is 0.952 bits per heavy atom. The molecule has 2 atom stereocenters. The minimum Gasteiger partial charge on any atom is -0.359 e. The van der Waals surface area contributed by atoms with Crippen molar-refractivity contribution in [2.75, 3.05) is 13.9 Å². The van der Waals surface area contributed by atoms with Crippen LogP contribution in [0.15, 0.2) is 0 Å². The SMILES string of the molecule is CCC1CCC(CC(OCOC)(C(F)(F)F)C(F)(F)F)C1. The second kappa shape index (κ2) is 6.73. The molecule has 0 radical (unpaired) electrons. The smallest absolute Gasteiger partial charge is 0.359 e. The summed E-state index contributed by atoms with van der Waals surface area (Å²) in [5, 5.41) is 0. The standard InChI is InChI=1S/C13H20F6O2/c1-3-9-4-5-10(6-9)7-11(12(14,15)16,13(17,18)19)21-8-20-2/h9-10H,3-8H2,1-2H3. The van der Waals surface area contributed by atoms with Gasteiger partial charge in [-0.05, 0) is 24.7 Å². The van der Waals surface area contributed by atoms with Gasteiger partial charge in [0.2, 0.25) is 0 Å². The first-order valence-corrected chi connectivity index (χ1v) is 6.83. The molecule has 0 saturated heterocycles. The minimum absolute atomic E-state index is 0.191. The molecule has 1 fully saturated rings. The Morgan fingerprint density at radius 2 is 1.48 bits per heavy atom. The van der Waals surface area contributed by atoms with Crippen molar-refractivity contribution in [3.63, 3.8) is 0 Å². The molecule has 0 bridgehead atoms. The van der Waals surface area contributed by atoms with Crippen LogP contribution in [0.25, 0.3) is 0 Å². The maximum atomic E-state index is 13.1. The largest absolute Gasteiger partial charge is 0.426 e. The third-order valence-electron chi connectivity index (χ3n) is 4.14. The third kappa shape index (κ3) is 4.03. The van der Waals surface area contributed by atoms with Gasteiger partial charge in [0.25, 0.3) is 5.60 Å². The summed E-state index contributed by atoms with van der Waals surface area (Å²) >= 11 is 0. The van der Waals surface area contributed by atoms with Crippen LogP contribution >= 0.6 is 0 Å². The van der Waals surface area contributed by atoms with Crippen LogP contribution in [-0.4, -0.2) is 31.9 Å². The van der Waals surface area contributed by atoms with Gasteiger partial charge in [0.05, 0.1) is 0 Å². The number of ether oxygens (including phenoxy) is 2. The van der Waals surface area contributed by atoms with E-state index in [4.69, 9.17) is 0 Å². The number of hydrogen-bond donors (Lipinski definition) is 0. The second-order valence-electron chi connectivity index (χ2n) is 5.53. The highest BCUT2D eigenvalue weighted by Crippen LogP contribution is 2.52. The first-order chi connectivity index (χ1) is 9.57. The summed E-state index contributed by atoms with van der Waals surface area (Å²) in [5.74, 6) is -0.452. The summed E-state index contributed by atoms with van der Waals surface area (Å²) in [6, 6.07) is 0. The van der Waals surface area contributed by atoms with Gasteiger partial charge in [-0.15, -0.1) is 0 Å². The average molecular weight is 322 g/mol. The van der Waals surface area contributed by atoms with Gasteiger partial charge in [-0.2, -0.15) is 26.3 Å². The Bertz CT molecular complexity index is 312. The van der Waals surface area contributed by atoms with E-state index >= 15 is 0 Å². The Balaban J connectivity index is 3.00. The van der Waals surface area contributed by atoms with Crippen molar-refractivity contribution < 1.29 is 35.8 Å². The lowest BCUT2D eigenvalue weighted by atomic mass is 9.87. The van der Waals surface area contributed by atoms with Crippen molar-refractivity contribution in [3.05, 3.63) is 0 Å². The van der Waals surface area contributed by atoms with Crippen molar-refractivity contribution >= 4 is 0 Å². The fraction of sp³-hybridized carbons (Fsp3) is 1.00. The van der Waals surface area contributed by atoms with E-state index in [1.54, 1.807) is 0 Å². The maximum Gasteiger partial charge on any atom is 0.426 e. The molecule has 1 rings (SSSR count). The van der Waals surface area contributed by atoms with Crippen LogP contribution in [0.4, 0.5) is 26.3 Å². The predicted molar refractivity (Wildman–Crippen MR) is 63.5 cm³/mol. The van der Waals surface area contributed by atoms with Crippen LogP contribution in [0.3, 0.4) is 0 Å². The molecule has 2 unspecified atom stereocenters. The summed E-state index contributed by atoms with van der Waals surface area (Å²) in [6.45, 7) is 0.832. The molecule has 1 saturated carbocycles. The van der Waals surface area contributed by atoms with Gasteiger partial charge in [-0.1, -0.05) is 26.2 Å². The summed E-state index contributed by atoms with van der Waals surface area (Å²) < 4.78 is 87.2. The Hall–Kier alpha value is -0.500. The molecule has 8 heteroatoms. The van der Waals surface area contributed by atoms with Gasteiger partial charge in [-0.25, -0.2) is 0 Å². The Morgan fingerprint density at radius 3 is 1.86 bits per heavy atom. The first kappa shape index (κ1) is 18.5. The molecule has 1 aliphatic rings. The first-order valence-electron chi connectivity index (χ1n) is 6.83. The molecule has 0 amide bonds. The van der Waals surface area contributed by atoms with E-state index in [0.29, 0.717) is 19.3 Å². The van der Waals surface area contributed by atoms with E-state index in [2.05, 4.69) is 9.47 Å². The highest BCUT2D eigenvalue weighted by Gasteiger charge is 2.72. The highest BCUT2D eigenvalue weighted by atomic mass is 19.4. The van der Waals surface area contributed by atoms with E-state index in [1.807, 2.05) is 6.92 Å². The zero-order valence-electron chi connectivity index (χ0n) is 12.0. The van der Waals surface area contributed by atoms with Crippen LogP contribution < -0.4 is 0 Å². The van der Waals surface area contributed by atoms with Gasteiger partial charge in [0, 0.05) is 7.11 Å². The molecule has 0 aromatic carbocycles. The molecule has 0 heterocycles. The molecule has 21 heavy (non-hydrogen) atoms. The van der Waals surface area contributed by atoms with Crippen LogP contribution in [0.5, 0.6) is 0 Å². The summed E-state index contributed by atoms with van der Waals surface area (Å²) in [5.41, 5.74) is -4.15. The molecule has 0 spiro atoms. The Kier molecular flexibility index (Phi) is 5.94. The predicted octanol–water partition coefficient (Wildman–Crippen LogP) is 4.69. The van der Waals surface area contributed by atoms with Crippen molar-refractivity contribution in [1.82, 2.24) is 0 Å². The fourth-order valence-corrected chi connectivity index (χ4v) is 2.92. The Labute approximate surface area is 119 Å². The zero-order valence-corrected chi connectivity index (χ0v) is 12.0. The summed E-state index contributed by atoms with van der Waals surface area (Å²) in [6.07, 6.45) is -10.00. The van der Waals surface area contributed by atoms with E-state index in [9.17, 15) is 26.3 Å². The normalized spacial score (nSPS) is 24.6. The highest BCUT2D eigenvalue weighted by molar-refractivity contribution is 4.98. The molecular formula is C13H20F6O2. The molecule has 1 aliphatic carbocycles. The summed E-state index contributed by atoms with van der Waals surface area (Å²) in [4.78, 5) is 0. The van der Waals surface area contributed by atoms with Gasteiger partial charge in [-0.3, -0.25) is 0 Å².